The first-order valence-corrected chi connectivity index (χ1v) is 7.48. The third-order valence-corrected chi connectivity index (χ3v) is 3.97. The minimum Gasteiger partial charge on any atom is -0.468 e. The molecule has 2 unspecified atom stereocenters. The van der Waals surface area contributed by atoms with E-state index in [4.69, 9.17) is 16.3 Å². The number of ether oxygens (including phenoxy) is 1. The molecule has 0 fully saturated rings. The molecule has 1 aromatic carbocycles. The van der Waals surface area contributed by atoms with Crippen LogP contribution in [0, 0.1) is 5.92 Å². The average molecular weight is 296 g/mol. The van der Waals surface area contributed by atoms with Crippen LogP contribution in [0.2, 0.25) is 5.02 Å². The number of hydrogen-bond donors (Lipinski definition) is 1. The second-order valence-corrected chi connectivity index (χ2v) is 6.33. The Morgan fingerprint density at radius 3 is 2.75 bits per heavy atom. The smallest absolute Gasteiger partial charge is 0.322 e. The molecular formula is C16H22ClNO2. The standard InChI is InChI=1S/C16H22ClNO2/c1-10(2)6-15(16(19)20-3)18-14-8-11-4-5-13(17)7-12(11)9-14/h4-5,7,10,14-15,18H,6,8-9H2,1-3H3. The Kier molecular flexibility index (Phi) is 5.06. The largest absolute Gasteiger partial charge is 0.468 e. The van der Waals surface area contributed by atoms with E-state index < -0.39 is 0 Å². The molecule has 0 aromatic heterocycles. The number of hydrogen-bond acceptors (Lipinski definition) is 3. The Labute approximate surface area is 125 Å². The van der Waals surface area contributed by atoms with E-state index >= 15 is 0 Å². The van der Waals surface area contributed by atoms with E-state index in [9.17, 15) is 4.79 Å². The van der Waals surface area contributed by atoms with E-state index in [-0.39, 0.29) is 18.1 Å². The molecule has 110 valence electrons. The second-order valence-electron chi connectivity index (χ2n) is 5.89. The van der Waals surface area contributed by atoms with Crippen LogP contribution in [0.3, 0.4) is 0 Å². The molecule has 0 heterocycles. The average Bonchev–Trinajstić information content (AvgIpc) is 2.77. The zero-order chi connectivity index (χ0) is 14.7. The highest BCUT2D eigenvalue weighted by molar-refractivity contribution is 6.30. The van der Waals surface area contributed by atoms with Gasteiger partial charge in [0.15, 0.2) is 0 Å². The Morgan fingerprint density at radius 2 is 2.10 bits per heavy atom. The molecule has 1 aliphatic carbocycles. The van der Waals surface area contributed by atoms with Crippen LogP contribution in [0.5, 0.6) is 0 Å². The molecule has 2 atom stereocenters. The molecule has 0 bridgehead atoms. The molecule has 0 aliphatic heterocycles. The summed E-state index contributed by atoms with van der Waals surface area (Å²) < 4.78 is 4.90. The Bertz CT molecular complexity index is 487. The van der Waals surface area contributed by atoms with Gasteiger partial charge >= 0.3 is 5.97 Å². The first-order chi connectivity index (χ1) is 9.49. The number of methoxy groups -OCH3 is 1. The minimum absolute atomic E-state index is 0.173. The van der Waals surface area contributed by atoms with Crippen molar-refractivity contribution in [3.8, 4) is 0 Å². The predicted molar refractivity (Wildman–Crippen MR) is 81.0 cm³/mol. The number of fused-ring (bicyclic) bond motifs is 1. The van der Waals surface area contributed by atoms with Gasteiger partial charge in [-0.05, 0) is 48.4 Å². The van der Waals surface area contributed by atoms with Crippen LogP contribution in [0.15, 0.2) is 18.2 Å². The lowest BCUT2D eigenvalue weighted by molar-refractivity contribution is -0.143. The molecule has 4 heteroatoms. The maximum atomic E-state index is 11.9. The first kappa shape index (κ1) is 15.3. The topological polar surface area (TPSA) is 38.3 Å². The second kappa shape index (κ2) is 6.59. The van der Waals surface area contributed by atoms with Gasteiger partial charge in [0.1, 0.15) is 6.04 Å². The molecule has 1 aromatic rings. The van der Waals surface area contributed by atoms with E-state index in [1.165, 1.54) is 18.2 Å². The van der Waals surface area contributed by atoms with E-state index in [1.54, 1.807) is 0 Å². The fourth-order valence-electron chi connectivity index (χ4n) is 2.84. The zero-order valence-electron chi connectivity index (χ0n) is 12.3. The lowest BCUT2D eigenvalue weighted by atomic mass is 10.0. The van der Waals surface area contributed by atoms with E-state index in [2.05, 4.69) is 25.2 Å². The third-order valence-electron chi connectivity index (χ3n) is 3.73. The Balaban J connectivity index is 2.01. The summed E-state index contributed by atoms with van der Waals surface area (Å²) in [5.74, 6) is 0.275. The van der Waals surface area contributed by atoms with E-state index in [1.807, 2.05) is 12.1 Å². The predicted octanol–water partition coefficient (Wildman–Crippen LogP) is 2.98. The molecule has 0 spiro atoms. The summed E-state index contributed by atoms with van der Waals surface area (Å²) in [5.41, 5.74) is 2.60. The van der Waals surface area contributed by atoms with Crippen LogP contribution < -0.4 is 5.32 Å². The van der Waals surface area contributed by atoms with Gasteiger partial charge in [-0.3, -0.25) is 4.79 Å². The summed E-state index contributed by atoms with van der Waals surface area (Å²) in [6.45, 7) is 4.22. The van der Waals surface area contributed by atoms with Crippen LogP contribution in [0.1, 0.15) is 31.4 Å². The van der Waals surface area contributed by atoms with Gasteiger partial charge in [0.25, 0.3) is 0 Å². The Morgan fingerprint density at radius 1 is 1.40 bits per heavy atom. The highest BCUT2D eigenvalue weighted by atomic mass is 35.5. The molecular weight excluding hydrogens is 274 g/mol. The number of esters is 1. The van der Waals surface area contributed by atoms with Crippen molar-refractivity contribution in [1.29, 1.82) is 0 Å². The van der Waals surface area contributed by atoms with Crippen LogP contribution in [0.4, 0.5) is 0 Å². The van der Waals surface area contributed by atoms with Crippen molar-refractivity contribution in [2.45, 2.75) is 45.2 Å². The van der Waals surface area contributed by atoms with Crippen molar-refractivity contribution in [3.05, 3.63) is 34.3 Å². The maximum Gasteiger partial charge on any atom is 0.322 e. The molecule has 0 radical (unpaired) electrons. The monoisotopic (exact) mass is 295 g/mol. The summed E-state index contributed by atoms with van der Waals surface area (Å²) in [6.07, 6.45) is 2.65. The highest BCUT2D eigenvalue weighted by Crippen LogP contribution is 2.26. The fourth-order valence-corrected chi connectivity index (χ4v) is 3.03. The molecule has 2 rings (SSSR count). The van der Waals surface area contributed by atoms with E-state index in [0.29, 0.717) is 5.92 Å². The lowest BCUT2D eigenvalue weighted by Gasteiger charge is -2.22. The van der Waals surface area contributed by atoms with Gasteiger partial charge in [0.2, 0.25) is 0 Å². The quantitative estimate of drug-likeness (QED) is 0.849. The summed E-state index contributed by atoms with van der Waals surface area (Å²) in [4.78, 5) is 11.9. The van der Waals surface area contributed by atoms with Crippen molar-refractivity contribution >= 4 is 17.6 Å². The summed E-state index contributed by atoms with van der Waals surface area (Å²) >= 11 is 6.02. The summed E-state index contributed by atoms with van der Waals surface area (Å²) in [6, 6.07) is 6.08. The molecule has 20 heavy (non-hydrogen) atoms. The highest BCUT2D eigenvalue weighted by Gasteiger charge is 2.28. The van der Waals surface area contributed by atoms with Crippen molar-refractivity contribution in [2.75, 3.05) is 7.11 Å². The zero-order valence-corrected chi connectivity index (χ0v) is 13.0. The number of benzene rings is 1. The number of carbonyl (C=O) groups excluding carboxylic acids is 1. The third kappa shape index (κ3) is 3.74. The normalized spacial score (nSPS) is 18.9. The van der Waals surface area contributed by atoms with Crippen LogP contribution in [-0.4, -0.2) is 25.2 Å². The lowest BCUT2D eigenvalue weighted by Crippen LogP contribution is -2.45. The summed E-state index contributed by atoms with van der Waals surface area (Å²) in [7, 11) is 1.44. The molecule has 0 saturated carbocycles. The van der Waals surface area contributed by atoms with Crippen molar-refractivity contribution < 1.29 is 9.53 Å². The van der Waals surface area contributed by atoms with Gasteiger partial charge in [-0.1, -0.05) is 31.5 Å². The molecule has 1 aliphatic rings. The Hall–Kier alpha value is -1.06. The molecule has 3 nitrogen and oxygen atoms in total. The van der Waals surface area contributed by atoms with Gasteiger partial charge in [-0.15, -0.1) is 0 Å². The number of carbonyl (C=O) groups is 1. The van der Waals surface area contributed by atoms with Crippen LogP contribution in [-0.2, 0) is 22.4 Å². The first-order valence-electron chi connectivity index (χ1n) is 7.10. The number of rotatable bonds is 5. The van der Waals surface area contributed by atoms with Crippen molar-refractivity contribution in [1.82, 2.24) is 5.32 Å². The van der Waals surface area contributed by atoms with Crippen molar-refractivity contribution in [2.24, 2.45) is 5.92 Å². The van der Waals surface area contributed by atoms with Gasteiger partial charge in [0.05, 0.1) is 7.11 Å². The minimum atomic E-state index is -0.227. The molecule has 0 amide bonds. The SMILES string of the molecule is COC(=O)C(CC(C)C)NC1Cc2ccc(Cl)cc2C1. The van der Waals surface area contributed by atoms with Crippen LogP contribution in [0.25, 0.3) is 0 Å². The molecule has 0 saturated heterocycles. The number of halogens is 1. The van der Waals surface area contributed by atoms with Gasteiger partial charge in [-0.25, -0.2) is 0 Å². The fraction of sp³-hybridized carbons (Fsp3) is 0.562. The van der Waals surface area contributed by atoms with Crippen molar-refractivity contribution in [3.63, 3.8) is 0 Å². The summed E-state index contributed by atoms with van der Waals surface area (Å²) in [5, 5.41) is 4.22. The molecule has 1 N–H and O–H groups in total. The van der Waals surface area contributed by atoms with Gasteiger partial charge in [-0.2, -0.15) is 0 Å². The van der Waals surface area contributed by atoms with E-state index in [0.717, 1.165) is 24.3 Å². The van der Waals surface area contributed by atoms with Gasteiger partial charge < -0.3 is 10.1 Å². The van der Waals surface area contributed by atoms with Gasteiger partial charge in [0, 0.05) is 11.1 Å². The number of nitrogens with one attached hydrogen (secondary N) is 1. The maximum absolute atomic E-state index is 11.9. The van der Waals surface area contributed by atoms with Crippen LogP contribution >= 0.6 is 11.6 Å².